The normalized spacial score (nSPS) is 15.6. The predicted octanol–water partition coefficient (Wildman–Crippen LogP) is 3.63. The molecule has 25 heavy (non-hydrogen) atoms. The highest BCUT2D eigenvalue weighted by molar-refractivity contribution is 7.95. The zero-order chi connectivity index (χ0) is 19.7. The average molecular weight is 413 g/mol. The van der Waals surface area contributed by atoms with Gasteiger partial charge in [-0.25, -0.2) is 13.2 Å². The Bertz CT molecular complexity index is 744. The summed E-state index contributed by atoms with van der Waals surface area (Å²) in [6, 6.07) is 3.46. The van der Waals surface area contributed by atoms with Gasteiger partial charge in [0.25, 0.3) is 0 Å². The Morgan fingerprint density at radius 3 is 2.04 bits per heavy atom. The van der Waals surface area contributed by atoms with Crippen molar-refractivity contribution in [2.45, 2.75) is 29.4 Å². The van der Waals surface area contributed by atoms with Crippen LogP contribution in [0.15, 0.2) is 24.3 Å². The van der Waals surface area contributed by atoms with Crippen molar-refractivity contribution >= 4 is 27.4 Å². The number of halogens is 7. The van der Waals surface area contributed by atoms with E-state index in [2.05, 4.69) is 0 Å². The van der Waals surface area contributed by atoms with E-state index in [0.29, 0.717) is 6.07 Å². The number of hydrogen-bond acceptors (Lipinski definition) is 3. The lowest BCUT2D eigenvalue weighted by Crippen LogP contribution is -2.45. The van der Waals surface area contributed by atoms with E-state index in [0.717, 1.165) is 18.2 Å². The number of aliphatic carboxylic acids is 1. The first kappa shape index (κ1) is 21.6. The van der Waals surface area contributed by atoms with Crippen molar-refractivity contribution in [3.8, 4) is 0 Å². The zero-order valence-electron chi connectivity index (χ0n) is 12.2. The quantitative estimate of drug-likeness (QED) is 0.572. The summed E-state index contributed by atoms with van der Waals surface area (Å²) in [5.41, 5.74) is -2.09. The molecule has 1 unspecified atom stereocenters. The van der Waals surface area contributed by atoms with Gasteiger partial charge in [-0.3, -0.25) is 0 Å². The summed E-state index contributed by atoms with van der Waals surface area (Å²) in [5, 5.41) is 9.08. The minimum Gasteiger partial charge on any atom is -0.479 e. The van der Waals surface area contributed by atoms with E-state index in [-0.39, 0.29) is 0 Å². The Morgan fingerprint density at radius 2 is 1.60 bits per heavy atom. The van der Waals surface area contributed by atoms with Crippen LogP contribution in [-0.4, -0.2) is 35.6 Å². The van der Waals surface area contributed by atoms with Gasteiger partial charge in [0, 0.05) is 6.42 Å². The fourth-order valence-corrected chi connectivity index (χ4v) is 3.77. The van der Waals surface area contributed by atoms with Crippen molar-refractivity contribution in [2.24, 2.45) is 0 Å². The molecule has 0 bridgehead atoms. The number of carbonyl (C=O) groups is 1. The van der Waals surface area contributed by atoms with Gasteiger partial charge in [-0.05, 0) is 11.6 Å². The second-order valence-electron chi connectivity index (χ2n) is 5.05. The van der Waals surface area contributed by atoms with Gasteiger partial charge in [0.05, 0.1) is 17.7 Å². The third kappa shape index (κ3) is 5.24. The van der Waals surface area contributed by atoms with Crippen molar-refractivity contribution in [3.63, 3.8) is 0 Å². The van der Waals surface area contributed by atoms with Crippen molar-refractivity contribution in [1.82, 2.24) is 0 Å². The largest absolute Gasteiger partial charge is 0.479 e. The van der Waals surface area contributed by atoms with Crippen LogP contribution in [0.2, 0.25) is 0 Å². The minimum absolute atomic E-state index is 0.580. The molecule has 0 amide bonds. The van der Waals surface area contributed by atoms with Gasteiger partial charge < -0.3 is 5.11 Å². The van der Waals surface area contributed by atoms with E-state index in [1.807, 2.05) is 0 Å². The van der Waals surface area contributed by atoms with Gasteiger partial charge in [-0.2, -0.15) is 26.3 Å². The fourth-order valence-electron chi connectivity index (χ4n) is 1.93. The molecule has 1 aromatic carbocycles. The van der Waals surface area contributed by atoms with Crippen LogP contribution in [0, 0.1) is 0 Å². The number of carboxylic acids is 1. The Morgan fingerprint density at radius 1 is 1.08 bits per heavy atom. The Labute approximate surface area is 143 Å². The van der Waals surface area contributed by atoms with Crippen LogP contribution >= 0.6 is 11.6 Å². The first-order valence-corrected chi connectivity index (χ1v) is 8.49. The van der Waals surface area contributed by atoms with Crippen LogP contribution in [0.3, 0.4) is 0 Å². The van der Waals surface area contributed by atoms with E-state index in [4.69, 9.17) is 16.7 Å². The van der Waals surface area contributed by atoms with Gasteiger partial charge in [-0.15, -0.1) is 0 Å². The Hall–Kier alpha value is -1.49. The van der Waals surface area contributed by atoms with Gasteiger partial charge in [0.1, 0.15) is 0 Å². The number of rotatable bonds is 6. The Balaban J connectivity index is 3.32. The molecule has 0 heterocycles. The maximum absolute atomic E-state index is 12.9. The molecule has 0 saturated carbocycles. The van der Waals surface area contributed by atoms with Gasteiger partial charge in [-0.1, -0.05) is 29.8 Å². The lowest BCUT2D eigenvalue weighted by atomic mass is 10.0. The van der Waals surface area contributed by atoms with E-state index in [1.165, 1.54) is 0 Å². The molecular weight excluding hydrogens is 402 g/mol. The summed E-state index contributed by atoms with van der Waals surface area (Å²) >= 11 is 5.53. The molecular formula is C13H11ClF6O4S. The van der Waals surface area contributed by atoms with Crippen LogP contribution in [-0.2, 0) is 27.2 Å². The van der Waals surface area contributed by atoms with Gasteiger partial charge in [0.2, 0.25) is 4.21 Å². The molecule has 1 atom stereocenters. The van der Waals surface area contributed by atoms with Crippen molar-refractivity contribution in [1.29, 1.82) is 0 Å². The van der Waals surface area contributed by atoms with Crippen molar-refractivity contribution in [3.05, 3.63) is 35.4 Å². The molecule has 1 aromatic rings. The van der Waals surface area contributed by atoms with Crippen molar-refractivity contribution < 1.29 is 44.7 Å². The lowest BCUT2D eigenvalue weighted by molar-refractivity contribution is -0.140. The number of hydrogen-bond donors (Lipinski definition) is 1. The fraction of sp³-hybridized carbons (Fsp3) is 0.462. The molecule has 0 radical (unpaired) electrons. The highest BCUT2D eigenvalue weighted by Crippen LogP contribution is 2.37. The van der Waals surface area contributed by atoms with Gasteiger partial charge in [0.15, 0.2) is 9.84 Å². The maximum Gasteiger partial charge on any atom is 0.416 e. The van der Waals surface area contributed by atoms with E-state index >= 15 is 0 Å². The molecule has 1 rings (SSSR count). The van der Waals surface area contributed by atoms with Crippen LogP contribution in [0.25, 0.3) is 0 Å². The van der Waals surface area contributed by atoms with Crippen LogP contribution in [0.5, 0.6) is 0 Å². The highest BCUT2D eigenvalue weighted by Gasteiger charge is 2.51. The maximum atomic E-state index is 12.9. The molecule has 0 spiro atoms. The number of benzene rings is 1. The summed E-state index contributed by atoms with van der Waals surface area (Å²) in [6.07, 6.45) is -13.1. The topological polar surface area (TPSA) is 71.4 Å². The summed E-state index contributed by atoms with van der Waals surface area (Å²) in [4.78, 5) is 11.3. The van der Waals surface area contributed by atoms with E-state index in [1.54, 1.807) is 0 Å². The SMILES string of the molecule is O=C(O)C(Cl)(Cc1ccccc1C(F)(F)F)S(=O)(=O)CCC(F)(F)F. The molecule has 0 aliphatic heterocycles. The molecule has 1 N–H and O–H groups in total. The first-order valence-electron chi connectivity index (χ1n) is 6.46. The first-order chi connectivity index (χ1) is 11.1. The third-order valence-electron chi connectivity index (χ3n) is 3.21. The number of carboxylic acid groups (broad SMARTS) is 1. The summed E-state index contributed by atoms with van der Waals surface area (Å²) in [7, 11) is -5.14. The molecule has 0 aromatic heterocycles. The smallest absolute Gasteiger partial charge is 0.416 e. The molecule has 12 heteroatoms. The van der Waals surface area contributed by atoms with Crippen LogP contribution < -0.4 is 0 Å². The highest BCUT2D eigenvalue weighted by atomic mass is 35.5. The third-order valence-corrected chi connectivity index (χ3v) is 6.25. The Kier molecular flexibility index (Phi) is 6.05. The number of alkyl halides is 7. The lowest BCUT2D eigenvalue weighted by Gasteiger charge is -2.24. The summed E-state index contributed by atoms with van der Waals surface area (Å²) in [6.45, 7) is 0. The number of sulfone groups is 1. The van der Waals surface area contributed by atoms with Crippen LogP contribution in [0.1, 0.15) is 17.5 Å². The molecule has 0 saturated heterocycles. The van der Waals surface area contributed by atoms with Crippen LogP contribution in [0.4, 0.5) is 26.3 Å². The standard InChI is InChI=1S/C13H11ClF6O4S/c14-11(10(21)22,25(23,24)6-5-12(15,16)17)7-8-3-1-2-4-9(8)13(18,19)20/h1-4H,5-7H2,(H,21,22). The molecule has 4 nitrogen and oxygen atoms in total. The second-order valence-corrected chi connectivity index (χ2v) is 8.25. The zero-order valence-corrected chi connectivity index (χ0v) is 13.7. The average Bonchev–Trinajstić information content (AvgIpc) is 2.43. The predicted molar refractivity (Wildman–Crippen MR) is 75.8 cm³/mol. The van der Waals surface area contributed by atoms with Gasteiger partial charge >= 0.3 is 18.3 Å². The van der Waals surface area contributed by atoms with E-state index < -0.39 is 62.1 Å². The van der Waals surface area contributed by atoms with Crippen molar-refractivity contribution in [2.75, 3.05) is 5.75 Å². The second kappa shape index (κ2) is 7.02. The van der Waals surface area contributed by atoms with E-state index in [9.17, 15) is 39.6 Å². The minimum atomic E-state index is -5.14. The monoisotopic (exact) mass is 412 g/mol. The molecule has 142 valence electrons. The molecule has 0 fully saturated rings. The summed E-state index contributed by atoms with van der Waals surface area (Å²) < 4.78 is 96.1. The summed E-state index contributed by atoms with van der Waals surface area (Å²) in [5.74, 6) is -3.92. The molecule has 0 aliphatic rings. The molecule has 0 aliphatic carbocycles.